The monoisotopic (exact) mass is 364 g/mol. The lowest BCUT2D eigenvalue weighted by molar-refractivity contribution is -0.384. The summed E-state index contributed by atoms with van der Waals surface area (Å²) >= 11 is 1.26. The number of nitro groups is 1. The number of nitrogens with one attached hydrogen (secondary N) is 1. The van der Waals surface area contributed by atoms with E-state index >= 15 is 0 Å². The fourth-order valence-electron chi connectivity index (χ4n) is 2.04. The normalized spacial score (nSPS) is 10.3. The third kappa shape index (κ3) is 4.93. The molecule has 0 aliphatic carbocycles. The minimum atomic E-state index is -0.549. The lowest BCUT2D eigenvalue weighted by Crippen LogP contribution is -2.12. The van der Waals surface area contributed by atoms with Crippen LogP contribution in [-0.2, 0) is 0 Å². The standard InChI is InChI=1S/C17H20N2O5S/c1-3-7-23-14-10-12(18-17(20)16-6-5-9-25-16)13(19(21)22)11-15(14)24-8-4-2/h5-6,9-11H,3-4,7-8H2,1-2H3,(H,18,20). The van der Waals surface area contributed by atoms with Gasteiger partial charge in [0, 0.05) is 6.07 Å². The summed E-state index contributed by atoms with van der Waals surface area (Å²) in [6, 6.07) is 6.14. The lowest BCUT2D eigenvalue weighted by Gasteiger charge is -2.14. The SMILES string of the molecule is CCCOc1cc(NC(=O)c2cccs2)c([N+](=O)[O-])cc1OCCC. The van der Waals surface area contributed by atoms with Crippen molar-refractivity contribution in [3.05, 3.63) is 44.6 Å². The molecular weight excluding hydrogens is 344 g/mol. The molecule has 0 fully saturated rings. The van der Waals surface area contributed by atoms with Gasteiger partial charge in [-0.05, 0) is 24.3 Å². The van der Waals surface area contributed by atoms with E-state index in [-0.39, 0.29) is 11.4 Å². The van der Waals surface area contributed by atoms with Crippen LogP contribution in [0, 0.1) is 10.1 Å². The van der Waals surface area contributed by atoms with Crippen LogP contribution in [0.4, 0.5) is 11.4 Å². The van der Waals surface area contributed by atoms with Crippen molar-refractivity contribution in [1.82, 2.24) is 0 Å². The Morgan fingerprint density at radius 2 is 1.84 bits per heavy atom. The number of rotatable bonds is 9. The van der Waals surface area contributed by atoms with Crippen molar-refractivity contribution in [2.45, 2.75) is 26.7 Å². The quantitative estimate of drug-likeness (QED) is 0.523. The number of carbonyl (C=O) groups is 1. The maximum atomic E-state index is 12.2. The van der Waals surface area contributed by atoms with E-state index in [1.165, 1.54) is 23.5 Å². The summed E-state index contributed by atoms with van der Waals surface area (Å²) in [7, 11) is 0. The predicted molar refractivity (Wildman–Crippen MR) is 96.9 cm³/mol. The molecule has 0 unspecified atom stereocenters. The summed E-state index contributed by atoms with van der Waals surface area (Å²) in [6.45, 7) is 4.76. The van der Waals surface area contributed by atoms with Crippen LogP contribution < -0.4 is 14.8 Å². The molecule has 0 saturated carbocycles. The fourth-order valence-corrected chi connectivity index (χ4v) is 2.66. The van der Waals surface area contributed by atoms with E-state index in [1.807, 2.05) is 13.8 Å². The molecule has 1 heterocycles. The first-order chi connectivity index (χ1) is 12.1. The number of carbonyl (C=O) groups excluding carboxylic acids is 1. The van der Waals surface area contributed by atoms with Gasteiger partial charge >= 0.3 is 0 Å². The Kier molecular flexibility index (Phi) is 6.76. The molecule has 0 bridgehead atoms. The number of anilines is 1. The lowest BCUT2D eigenvalue weighted by atomic mass is 10.2. The minimum Gasteiger partial charge on any atom is -0.490 e. The molecule has 1 aromatic carbocycles. The van der Waals surface area contributed by atoms with Crippen LogP contribution in [0.3, 0.4) is 0 Å². The van der Waals surface area contributed by atoms with E-state index in [1.54, 1.807) is 17.5 Å². The van der Waals surface area contributed by atoms with E-state index in [0.717, 1.165) is 12.8 Å². The van der Waals surface area contributed by atoms with Gasteiger partial charge < -0.3 is 14.8 Å². The zero-order chi connectivity index (χ0) is 18.2. The maximum Gasteiger partial charge on any atom is 0.296 e. The topological polar surface area (TPSA) is 90.7 Å². The minimum absolute atomic E-state index is 0.0818. The highest BCUT2D eigenvalue weighted by Crippen LogP contribution is 2.38. The third-order valence-electron chi connectivity index (χ3n) is 3.18. The Hall–Kier alpha value is -2.61. The van der Waals surface area contributed by atoms with Crippen molar-refractivity contribution >= 4 is 28.6 Å². The molecule has 0 radical (unpaired) electrons. The number of amides is 1. The van der Waals surface area contributed by atoms with Crippen molar-refractivity contribution in [1.29, 1.82) is 0 Å². The first kappa shape index (κ1) is 18.7. The molecule has 0 saturated heterocycles. The van der Waals surface area contributed by atoms with Crippen molar-refractivity contribution in [3.63, 3.8) is 0 Å². The molecular formula is C17H20N2O5S. The second-order valence-corrected chi connectivity index (χ2v) is 6.15. The number of hydrogen-bond donors (Lipinski definition) is 1. The molecule has 134 valence electrons. The predicted octanol–water partition coefficient (Wildman–Crippen LogP) is 4.49. The Labute approximate surface area is 149 Å². The van der Waals surface area contributed by atoms with Crippen molar-refractivity contribution in [2.24, 2.45) is 0 Å². The molecule has 0 spiro atoms. The summed E-state index contributed by atoms with van der Waals surface area (Å²) in [4.78, 5) is 23.6. The van der Waals surface area contributed by atoms with Gasteiger partial charge in [-0.1, -0.05) is 19.9 Å². The van der Waals surface area contributed by atoms with E-state index in [0.29, 0.717) is 29.6 Å². The first-order valence-corrected chi connectivity index (χ1v) is 8.87. The number of nitrogens with zero attached hydrogens (tertiary/aromatic N) is 1. The third-order valence-corrected chi connectivity index (χ3v) is 4.04. The number of thiophene rings is 1. The zero-order valence-corrected chi connectivity index (χ0v) is 14.9. The van der Waals surface area contributed by atoms with Crippen LogP contribution in [0.5, 0.6) is 11.5 Å². The molecule has 0 aliphatic rings. The summed E-state index contributed by atoms with van der Waals surface area (Å²) < 4.78 is 11.2. The Morgan fingerprint density at radius 3 is 2.36 bits per heavy atom. The smallest absolute Gasteiger partial charge is 0.296 e. The van der Waals surface area contributed by atoms with Crippen LogP contribution in [0.2, 0.25) is 0 Å². The second-order valence-electron chi connectivity index (χ2n) is 5.20. The van der Waals surface area contributed by atoms with E-state index in [9.17, 15) is 14.9 Å². The molecule has 7 nitrogen and oxygen atoms in total. The van der Waals surface area contributed by atoms with Crippen LogP contribution in [0.15, 0.2) is 29.6 Å². The van der Waals surface area contributed by atoms with Gasteiger partial charge in [-0.2, -0.15) is 0 Å². The highest BCUT2D eigenvalue weighted by atomic mass is 32.1. The summed E-state index contributed by atoms with van der Waals surface area (Å²) in [5.74, 6) is 0.278. The Balaban J connectivity index is 2.38. The van der Waals surface area contributed by atoms with Gasteiger partial charge in [-0.15, -0.1) is 11.3 Å². The van der Waals surface area contributed by atoms with E-state index in [2.05, 4.69) is 5.32 Å². The molecule has 0 aliphatic heterocycles. The van der Waals surface area contributed by atoms with Gasteiger partial charge in [0.1, 0.15) is 5.69 Å². The molecule has 1 aromatic heterocycles. The number of ether oxygens (including phenoxy) is 2. The van der Waals surface area contributed by atoms with Gasteiger partial charge in [-0.25, -0.2) is 0 Å². The van der Waals surface area contributed by atoms with Gasteiger partial charge in [0.15, 0.2) is 11.5 Å². The summed E-state index contributed by atoms with van der Waals surface area (Å²) in [5, 5.41) is 15.8. The largest absolute Gasteiger partial charge is 0.490 e. The van der Waals surface area contributed by atoms with Crippen molar-refractivity contribution < 1.29 is 19.2 Å². The van der Waals surface area contributed by atoms with Crippen LogP contribution in [-0.4, -0.2) is 24.0 Å². The van der Waals surface area contributed by atoms with Gasteiger partial charge in [0.25, 0.3) is 11.6 Å². The Bertz CT molecular complexity index is 731. The summed E-state index contributed by atoms with van der Waals surface area (Å²) in [5.41, 5.74) is -0.154. The molecule has 25 heavy (non-hydrogen) atoms. The fraction of sp³-hybridized carbons (Fsp3) is 0.353. The van der Waals surface area contributed by atoms with Crippen LogP contribution in [0.25, 0.3) is 0 Å². The number of benzene rings is 1. The van der Waals surface area contributed by atoms with E-state index in [4.69, 9.17) is 9.47 Å². The highest BCUT2D eigenvalue weighted by Gasteiger charge is 2.22. The maximum absolute atomic E-state index is 12.2. The van der Waals surface area contributed by atoms with Crippen LogP contribution in [0.1, 0.15) is 36.4 Å². The van der Waals surface area contributed by atoms with Crippen LogP contribution >= 0.6 is 11.3 Å². The molecule has 0 atom stereocenters. The molecule has 8 heteroatoms. The van der Waals surface area contributed by atoms with Gasteiger partial charge in [0.05, 0.1) is 29.1 Å². The highest BCUT2D eigenvalue weighted by molar-refractivity contribution is 7.12. The second kappa shape index (κ2) is 9.03. The average molecular weight is 364 g/mol. The molecule has 2 rings (SSSR count). The average Bonchev–Trinajstić information content (AvgIpc) is 3.13. The first-order valence-electron chi connectivity index (χ1n) is 7.99. The molecule has 1 amide bonds. The number of nitro benzene ring substituents is 1. The van der Waals surface area contributed by atoms with E-state index < -0.39 is 10.8 Å². The number of hydrogen-bond acceptors (Lipinski definition) is 6. The van der Waals surface area contributed by atoms with Gasteiger partial charge in [0.2, 0.25) is 0 Å². The van der Waals surface area contributed by atoms with Crippen molar-refractivity contribution in [3.8, 4) is 11.5 Å². The van der Waals surface area contributed by atoms with Crippen molar-refractivity contribution in [2.75, 3.05) is 18.5 Å². The Morgan fingerprint density at radius 1 is 1.20 bits per heavy atom. The molecule has 2 aromatic rings. The summed E-state index contributed by atoms with van der Waals surface area (Å²) in [6.07, 6.45) is 1.54. The molecule has 1 N–H and O–H groups in total. The zero-order valence-electron chi connectivity index (χ0n) is 14.1. The van der Waals surface area contributed by atoms with Gasteiger partial charge in [-0.3, -0.25) is 14.9 Å².